The first kappa shape index (κ1) is 22.3. The summed E-state index contributed by atoms with van der Waals surface area (Å²) in [7, 11) is -4.25. The topological polar surface area (TPSA) is 113 Å². The molecule has 31 heavy (non-hydrogen) atoms. The highest BCUT2D eigenvalue weighted by Gasteiger charge is 2.27. The summed E-state index contributed by atoms with van der Waals surface area (Å²) in [4.78, 5) is 20.3. The van der Waals surface area contributed by atoms with Crippen LogP contribution in [0.5, 0.6) is 0 Å². The summed E-state index contributed by atoms with van der Waals surface area (Å²) in [5.41, 5.74) is 0.759. The van der Waals surface area contributed by atoms with Crippen LogP contribution in [0.15, 0.2) is 78.0 Å². The molecule has 2 aromatic carbocycles. The van der Waals surface area contributed by atoms with Crippen molar-refractivity contribution in [3.8, 4) is 0 Å². The molecule has 0 unspecified atom stereocenters. The number of carbonyl (C=O) groups excluding carboxylic acids is 1. The zero-order valence-corrected chi connectivity index (χ0v) is 17.3. The van der Waals surface area contributed by atoms with Crippen molar-refractivity contribution in [2.45, 2.75) is 17.4 Å². The number of aromatic nitrogens is 2. The molecule has 0 saturated heterocycles. The zero-order valence-electron chi connectivity index (χ0n) is 16.5. The van der Waals surface area contributed by atoms with Crippen LogP contribution in [0.2, 0.25) is 0 Å². The van der Waals surface area contributed by atoms with Gasteiger partial charge in [0, 0.05) is 25.5 Å². The van der Waals surface area contributed by atoms with Gasteiger partial charge in [-0.25, -0.2) is 22.8 Å². The minimum Gasteiger partial charge on any atom is -0.353 e. The number of hydrogen-bond acceptors (Lipinski definition) is 6. The first-order chi connectivity index (χ1) is 15.0. The van der Waals surface area contributed by atoms with E-state index in [4.69, 9.17) is 0 Å². The van der Waals surface area contributed by atoms with Crippen LogP contribution < -0.4 is 15.4 Å². The average Bonchev–Trinajstić information content (AvgIpc) is 2.77. The predicted octanol–water partition coefficient (Wildman–Crippen LogP) is 1.73. The fourth-order valence-electron chi connectivity index (χ4n) is 2.82. The number of carbonyl (C=O) groups is 1. The lowest BCUT2D eigenvalue weighted by Gasteiger charge is -2.19. The van der Waals surface area contributed by atoms with Gasteiger partial charge in [-0.3, -0.25) is 4.79 Å². The number of nitrogens with zero attached hydrogens (tertiary/aromatic N) is 2. The minimum atomic E-state index is -4.25. The van der Waals surface area contributed by atoms with Crippen molar-refractivity contribution in [2.75, 3.05) is 18.4 Å². The molecule has 3 rings (SSSR count). The Hall–Kier alpha value is -3.37. The summed E-state index contributed by atoms with van der Waals surface area (Å²) in [6.45, 7) is 0.553. The Bertz CT molecular complexity index is 1100. The van der Waals surface area contributed by atoms with E-state index in [0.29, 0.717) is 12.5 Å². The average molecular weight is 444 g/mol. The number of anilines is 1. The van der Waals surface area contributed by atoms with Crippen molar-refractivity contribution in [1.29, 1.82) is 0 Å². The molecule has 0 fully saturated rings. The number of rotatable bonds is 10. The third-order valence-electron chi connectivity index (χ3n) is 4.30. The second-order valence-corrected chi connectivity index (χ2v) is 8.27. The number of nitrogens with one attached hydrogen (secondary N) is 3. The van der Waals surface area contributed by atoms with Crippen molar-refractivity contribution in [3.05, 3.63) is 84.4 Å². The van der Waals surface area contributed by atoms with Gasteiger partial charge in [-0.05, 0) is 30.2 Å². The molecule has 3 N–H and O–H groups in total. The molecule has 0 aliphatic heterocycles. The number of benzene rings is 2. The fraction of sp³-hybridized carbons (Fsp3) is 0.190. The molecule has 0 radical (unpaired) electrons. The second kappa shape index (κ2) is 10.6. The Morgan fingerprint density at radius 3 is 2.32 bits per heavy atom. The summed E-state index contributed by atoms with van der Waals surface area (Å²) >= 11 is 0. The quantitative estimate of drug-likeness (QED) is 0.412. The fourth-order valence-corrected chi connectivity index (χ4v) is 4.10. The highest BCUT2D eigenvalue weighted by molar-refractivity contribution is 7.89. The van der Waals surface area contributed by atoms with Crippen LogP contribution in [0.25, 0.3) is 0 Å². The van der Waals surface area contributed by atoms with Crippen LogP contribution in [0.4, 0.5) is 10.3 Å². The van der Waals surface area contributed by atoms with E-state index in [1.807, 2.05) is 6.07 Å². The Morgan fingerprint density at radius 1 is 0.935 bits per heavy atom. The number of halogens is 1. The molecule has 1 heterocycles. The second-order valence-electron chi connectivity index (χ2n) is 6.58. The molecule has 162 valence electrons. The molecule has 3 aromatic rings. The van der Waals surface area contributed by atoms with Crippen LogP contribution in [0.3, 0.4) is 0 Å². The Balaban J connectivity index is 1.68. The van der Waals surface area contributed by atoms with E-state index >= 15 is 0 Å². The van der Waals surface area contributed by atoms with Gasteiger partial charge in [0.05, 0.1) is 0 Å². The van der Waals surface area contributed by atoms with Gasteiger partial charge in [0.1, 0.15) is 16.8 Å². The summed E-state index contributed by atoms with van der Waals surface area (Å²) in [6, 6.07) is 14.5. The smallest absolute Gasteiger partial charge is 0.244 e. The molecule has 0 saturated carbocycles. The maximum absolute atomic E-state index is 14.0. The maximum atomic E-state index is 14.0. The normalized spacial score (nSPS) is 12.2. The zero-order chi connectivity index (χ0) is 22.1. The molecule has 10 heteroatoms. The van der Waals surface area contributed by atoms with Gasteiger partial charge in [0.15, 0.2) is 0 Å². The lowest BCUT2D eigenvalue weighted by atomic mass is 10.1. The monoisotopic (exact) mass is 443 g/mol. The van der Waals surface area contributed by atoms with Gasteiger partial charge in [-0.15, -0.1) is 0 Å². The van der Waals surface area contributed by atoms with Crippen molar-refractivity contribution in [2.24, 2.45) is 0 Å². The molecule has 0 aliphatic rings. The van der Waals surface area contributed by atoms with Crippen molar-refractivity contribution in [3.63, 3.8) is 0 Å². The van der Waals surface area contributed by atoms with Crippen molar-refractivity contribution >= 4 is 21.9 Å². The van der Waals surface area contributed by atoms with Gasteiger partial charge in [-0.1, -0.05) is 42.5 Å². The SMILES string of the molecule is O=C(NCCNc1ncccn1)[C@H](Cc1ccccc1)NS(=O)(=O)c1ccccc1F. The van der Waals surface area contributed by atoms with Gasteiger partial charge in [0.25, 0.3) is 0 Å². The molecule has 0 aliphatic carbocycles. The van der Waals surface area contributed by atoms with Crippen LogP contribution in [-0.4, -0.2) is 43.4 Å². The third kappa shape index (κ3) is 6.56. The van der Waals surface area contributed by atoms with Crippen molar-refractivity contribution in [1.82, 2.24) is 20.0 Å². The molecule has 0 spiro atoms. The van der Waals surface area contributed by atoms with Gasteiger partial charge in [0.2, 0.25) is 21.9 Å². The van der Waals surface area contributed by atoms with E-state index in [1.165, 1.54) is 12.1 Å². The van der Waals surface area contributed by atoms with Crippen molar-refractivity contribution < 1.29 is 17.6 Å². The van der Waals surface area contributed by atoms with E-state index < -0.39 is 32.7 Å². The first-order valence-electron chi connectivity index (χ1n) is 9.55. The van der Waals surface area contributed by atoms with Crippen LogP contribution in [-0.2, 0) is 21.2 Å². The highest BCUT2D eigenvalue weighted by atomic mass is 32.2. The van der Waals surface area contributed by atoms with E-state index in [9.17, 15) is 17.6 Å². The largest absolute Gasteiger partial charge is 0.353 e. The predicted molar refractivity (Wildman–Crippen MR) is 114 cm³/mol. The Labute approximate surface area is 180 Å². The first-order valence-corrected chi connectivity index (χ1v) is 11.0. The van der Waals surface area contributed by atoms with Gasteiger partial charge in [-0.2, -0.15) is 4.72 Å². The summed E-state index contributed by atoms with van der Waals surface area (Å²) in [5.74, 6) is -1.00. The van der Waals surface area contributed by atoms with Crippen LogP contribution in [0.1, 0.15) is 5.56 Å². The van der Waals surface area contributed by atoms with E-state index in [2.05, 4.69) is 25.3 Å². The lowest BCUT2D eigenvalue weighted by Crippen LogP contribution is -2.48. The molecular weight excluding hydrogens is 421 g/mol. The van der Waals surface area contributed by atoms with E-state index in [-0.39, 0.29) is 13.0 Å². The number of hydrogen-bond donors (Lipinski definition) is 3. The van der Waals surface area contributed by atoms with E-state index in [0.717, 1.165) is 17.7 Å². The molecule has 0 bridgehead atoms. The van der Waals surface area contributed by atoms with Crippen LogP contribution in [0, 0.1) is 5.82 Å². The molecule has 1 aromatic heterocycles. The summed E-state index contributed by atoms with van der Waals surface area (Å²) in [6.07, 6.45) is 3.28. The highest BCUT2D eigenvalue weighted by Crippen LogP contribution is 2.15. The Kier molecular flexibility index (Phi) is 7.63. The molecule has 1 atom stereocenters. The summed E-state index contributed by atoms with van der Waals surface area (Å²) < 4.78 is 41.8. The van der Waals surface area contributed by atoms with E-state index in [1.54, 1.807) is 42.7 Å². The third-order valence-corrected chi connectivity index (χ3v) is 5.80. The van der Waals surface area contributed by atoms with Crippen LogP contribution >= 0.6 is 0 Å². The lowest BCUT2D eigenvalue weighted by molar-refractivity contribution is -0.122. The molecule has 8 nitrogen and oxygen atoms in total. The molecular formula is C21H22FN5O3S. The molecule has 1 amide bonds. The van der Waals surface area contributed by atoms with Gasteiger partial charge < -0.3 is 10.6 Å². The number of sulfonamides is 1. The number of amides is 1. The summed E-state index contributed by atoms with van der Waals surface area (Å²) in [5, 5.41) is 5.63. The maximum Gasteiger partial charge on any atom is 0.244 e. The standard InChI is InChI=1S/C21H22FN5O3S/c22-17-9-4-5-10-19(17)31(29,30)27-18(15-16-7-2-1-3-8-16)20(28)23-13-14-26-21-24-11-6-12-25-21/h1-12,18,27H,13-15H2,(H,23,28)(H,24,25,26)/t18-/m0/s1. The Morgan fingerprint density at radius 2 is 1.61 bits per heavy atom. The van der Waals surface area contributed by atoms with Gasteiger partial charge >= 0.3 is 0 Å². The minimum absolute atomic E-state index is 0.107.